The van der Waals surface area contributed by atoms with Gasteiger partial charge in [-0.15, -0.1) is 0 Å². The van der Waals surface area contributed by atoms with Gasteiger partial charge in [-0.2, -0.15) is 0 Å². The van der Waals surface area contributed by atoms with Gasteiger partial charge in [0.25, 0.3) is 0 Å². The summed E-state index contributed by atoms with van der Waals surface area (Å²) in [5, 5.41) is 9.31. The molecule has 1 N–H and O–H groups in total. The predicted octanol–water partition coefficient (Wildman–Crippen LogP) is 4.65. The van der Waals surface area contributed by atoms with E-state index in [2.05, 4.69) is 27.7 Å². The number of aldehydes is 1. The standard InChI is InChI=1S/C9H10O2.2C3H8/c1-6-3-8(5-10)4-7(2)9(6)11;2*1-3-2/h3-5,11H,1-2H3;2*3H2,1-2H3. The van der Waals surface area contributed by atoms with E-state index in [1.54, 1.807) is 26.0 Å². The number of hydrogen-bond donors (Lipinski definition) is 1. The Morgan fingerprint density at radius 2 is 1.29 bits per heavy atom. The summed E-state index contributed by atoms with van der Waals surface area (Å²) < 4.78 is 0. The Balaban J connectivity index is 0. The summed E-state index contributed by atoms with van der Waals surface area (Å²) in [5.74, 6) is 0.274. The number of benzene rings is 1. The van der Waals surface area contributed by atoms with Crippen molar-refractivity contribution in [2.24, 2.45) is 0 Å². The molecule has 0 fully saturated rings. The monoisotopic (exact) mass is 238 g/mol. The second-order valence-corrected chi connectivity index (χ2v) is 4.04. The molecule has 0 aliphatic carbocycles. The molecule has 98 valence electrons. The van der Waals surface area contributed by atoms with Crippen LogP contribution in [-0.2, 0) is 0 Å². The lowest BCUT2D eigenvalue weighted by atomic mass is 10.1. The predicted molar refractivity (Wildman–Crippen MR) is 74.9 cm³/mol. The first-order chi connectivity index (χ1) is 7.98. The van der Waals surface area contributed by atoms with Crippen LogP contribution in [0.2, 0.25) is 0 Å². The lowest BCUT2D eigenvalue weighted by Gasteiger charge is -2.02. The second-order valence-electron chi connectivity index (χ2n) is 4.04. The maximum atomic E-state index is 10.3. The molecule has 0 atom stereocenters. The number of aryl methyl sites for hydroxylation is 2. The van der Waals surface area contributed by atoms with Gasteiger partial charge in [0.1, 0.15) is 12.0 Å². The molecule has 2 heteroatoms. The van der Waals surface area contributed by atoms with Crippen molar-refractivity contribution in [2.75, 3.05) is 0 Å². The third-order valence-electron chi connectivity index (χ3n) is 1.65. The second kappa shape index (κ2) is 11.2. The van der Waals surface area contributed by atoms with E-state index in [-0.39, 0.29) is 5.75 Å². The molecule has 1 rings (SSSR count). The minimum atomic E-state index is 0.274. The highest BCUT2D eigenvalue weighted by Crippen LogP contribution is 2.21. The van der Waals surface area contributed by atoms with Crippen LogP contribution < -0.4 is 0 Å². The quantitative estimate of drug-likeness (QED) is 0.723. The summed E-state index contributed by atoms with van der Waals surface area (Å²) >= 11 is 0. The van der Waals surface area contributed by atoms with Crippen molar-refractivity contribution in [3.05, 3.63) is 28.8 Å². The van der Waals surface area contributed by atoms with E-state index < -0.39 is 0 Å². The molecule has 0 radical (unpaired) electrons. The molecule has 0 amide bonds. The van der Waals surface area contributed by atoms with Crippen LogP contribution in [0.3, 0.4) is 0 Å². The number of rotatable bonds is 1. The molecule has 0 aromatic heterocycles. The maximum Gasteiger partial charge on any atom is 0.150 e. The van der Waals surface area contributed by atoms with Gasteiger partial charge in [0.15, 0.2) is 0 Å². The Morgan fingerprint density at radius 1 is 1.00 bits per heavy atom. The highest BCUT2D eigenvalue weighted by atomic mass is 16.3. The fraction of sp³-hybridized carbons (Fsp3) is 0.533. The lowest BCUT2D eigenvalue weighted by Crippen LogP contribution is -1.85. The summed E-state index contributed by atoms with van der Waals surface area (Å²) in [6.07, 6.45) is 3.28. The minimum absolute atomic E-state index is 0.274. The normalized spacial score (nSPS) is 8.35. The van der Waals surface area contributed by atoms with Crippen molar-refractivity contribution in [3.63, 3.8) is 0 Å². The molecule has 0 unspecified atom stereocenters. The molecular weight excluding hydrogens is 212 g/mol. The number of hydrogen-bond acceptors (Lipinski definition) is 2. The third kappa shape index (κ3) is 8.49. The van der Waals surface area contributed by atoms with Gasteiger partial charge >= 0.3 is 0 Å². The molecule has 0 aliphatic rings. The first-order valence-electron chi connectivity index (χ1n) is 6.23. The van der Waals surface area contributed by atoms with Crippen LogP contribution in [0.5, 0.6) is 5.75 Å². The highest BCUT2D eigenvalue weighted by Gasteiger charge is 2.01. The van der Waals surface area contributed by atoms with E-state index in [9.17, 15) is 9.90 Å². The smallest absolute Gasteiger partial charge is 0.150 e. The van der Waals surface area contributed by atoms with E-state index in [1.165, 1.54) is 12.8 Å². The first kappa shape index (κ1) is 18.1. The fourth-order valence-electron chi connectivity index (χ4n) is 1.06. The molecule has 0 bridgehead atoms. The average molecular weight is 238 g/mol. The molecule has 0 saturated heterocycles. The number of carbonyl (C=O) groups excluding carboxylic acids is 1. The van der Waals surface area contributed by atoms with Crippen molar-refractivity contribution in [1.82, 2.24) is 0 Å². The van der Waals surface area contributed by atoms with Crippen LogP contribution in [0.1, 0.15) is 62.0 Å². The van der Waals surface area contributed by atoms with Crippen molar-refractivity contribution >= 4 is 6.29 Å². The SMILES string of the molecule is CCC.CCC.Cc1cc(C=O)cc(C)c1O. The van der Waals surface area contributed by atoms with Crippen LogP contribution in [-0.4, -0.2) is 11.4 Å². The summed E-state index contributed by atoms with van der Waals surface area (Å²) in [6, 6.07) is 3.32. The van der Waals surface area contributed by atoms with Crippen LogP contribution in [0, 0.1) is 13.8 Å². The molecule has 1 aromatic carbocycles. The third-order valence-corrected chi connectivity index (χ3v) is 1.65. The zero-order valence-electron chi connectivity index (χ0n) is 12.0. The van der Waals surface area contributed by atoms with Gasteiger partial charge < -0.3 is 5.11 Å². The summed E-state index contributed by atoms with van der Waals surface area (Å²) in [6.45, 7) is 12.0. The number of phenolic OH excluding ortho intramolecular Hbond substituents is 1. The topological polar surface area (TPSA) is 37.3 Å². The van der Waals surface area contributed by atoms with Crippen molar-refractivity contribution in [2.45, 2.75) is 54.4 Å². The van der Waals surface area contributed by atoms with Crippen molar-refractivity contribution < 1.29 is 9.90 Å². The molecular formula is C15H26O2. The lowest BCUT2D eigenvalue weighted by molar-refractivity contribution is 0.112. The zero-order chi connectivity index (χ0) is 13.8. The van der Waals surface area contributed by atoms with E-state index in [1.807, 2.05) is 0 Å². The molecule has 0 heterocycles. The van der Waals surface area contributed by atoms with Crippen molar-refractivity contribution in [3.8, 4) is 5.75 Å². The van der Waals surface area contributed by atoms with Gasteiger partial charge in [0.05, 0.1) is 0 Å². The van der Waals surface area contributed by atoms with Gasteiger partial charge in [0.2, 0.25) is 0 Å². The Labute approximate surface area is 106 Å². The zero-order valence-corrected chi connectivity index (χ0v) is 12.0. The van der Waals surface area contributed by atoms with E-state index in [4.69, 9.17) is 0 Å². The number of carbonyl (C=O) groups is 1. The van der Waals surface area contributed by atoms with Crippen LogP contribution in [0.25, 0.3) is 0 Å². The fourth-order valence-corrected chi connectivity index (χ4v) is 1.06. The van der Waals surface area contributed by atoms with Gasteiger partial charge in [0, 0.05) is 5.56 Å². The van der Waals surface area contributed by atoms with Crippen molar-refractivity contribution in [1.29, 1.82) is 0 Å². The van der Waals surface area contributed by atoms with E-state index in [0.29, 0.717) is 5.56 Å². The largest absolute Gasteiger partial charge is 0.507 e. The first-order valence-corrected chi connectivity index (χ1v) is 6.23. The van der Waals surface area contributed by atoms with Gasteiger partial charge in [-0.1, -0.05) is 40.5 Å². The van der Waals surface area contributed by atoms with Gasteiger partial charge in [-0.25, -0.2) is 0 Å². The van der Waals surface area contributed by atoms with E-state index >= 15 is 0 Å². The number of phenols is 1. The van der Waals surface area contributed by atoms with Crippen LogP contribution >= 0.6 is 0 Å². The minimum Gasteiger partial charge on any atom is -0.507 e. The Hall–Kier alpha value is -1.31. The summed E-state index contributed by atoms with van der Waals surface area (Å²) in [5.41, 5.74) is 2.09. The Bertz CT molecular complexity index is 292. The summed E-state index contributed by atoms with van der Waals surface area (Å²) in [4.78, 5) is 10.3. The molecule has 1 aromatic rings. The van der Waals surface area contributed by atoms with Crippen LogP contribution in [0.15, 0.2) is 12.1 Å². The maximum absolute atomic E-state index is 10.3. The highest BCUT2D eigenvalue weighted by molar-refractivity contribution is 5.76. The Kier molecular flexibility index (Phi) is 11.9. The van der Waals surface area contributed by atoms with Gasteiger partial charge in [-0.3, -0.25) is 4.79 Å². The molecule has 0 spiro atoms. The number of aromatic hydroxyl groups is 1. The van der Waals surface area contributed by atoms with Gasteiger partial charge in [-0.05, 0) is 37.1 Å². The molecule has 17 heavy (non-hydrogen) atoms. The summed E-state index contributed by atoms with van der Waals surface area (Å²) in [7, 11) is 0. The average Bonchev–Trinajstić information content (AvgIpc) is 2.27. The molecule has 0 aliphatic heterocycles. The molecule has 0 saturated carbocycles. The Morgan fingerprint density at radius 3 is 1.53 bits per heavy atom. The van der Waals surface area contributed by atoms with Crippen LogP contribution in [0.4, 0.5) is 0 Å². The molecule has 2 nitrogen and oxygen atoms in total. The van der Waals surface area contributed by atoms with E-state index in [0.717, 1.165) is 17.4 Å².